The van der Waals surface area contributed by atoms with Crippen LogP contribution in [0.15, 0.2) is 0 Å². The summed E-state index contributed by atoms with van der Waals surface area (Å²) in [5.74, 6) is 3.75. The maximum atomic E-state index is 9.39. The van der Waals surface area contributed by atoms with Gasteiger partial charge in [-0.3, -0.25) is 9.47 Å². The molecular weight excluding hydrogens is 340 g/mol. The summed E-state index contributed by atoms with van der Waals surface area (Å²) in [6.45, 7) is 5.01. The van der Waals surface area contributed by atoms with Crippen LogP contribution in [0.3, 0.4) is 0 Å². The lowest BCUT2D eigenvalue weighted by atomic mass is 9.75. The molecule has 5 fully saturated rings. The zero-order valence-corrected chi connectivity index (χ0v) is 16.5. The van der Waals surface area contributed by atoms with Gasteiger partial charge in [0.05, 0.1) is 0 Å². The van der Waals surface area contributed by atoms with Gasteiger partial charge in [0.2, 0.25) is 0 Å². The molecule has 0 amide bonds. The van der Waals surface area contributed by atoms with Gasteiger partial charge in [-0.2, -0.15) is 0 Å². The Kier molecular flexibility index (Phi) is 4.88. The molecule has 1 aromatic rings. The molecule has 1 aromatic heterocycles. The maximum absolute atomic E-state index is 9.39. The van der Waals surface area contributed by atoms with Crippen LogP contribution in [0.2, 0.25) is 0 Å². The fourth-order valence-corrected chi connectivity index (χ4v) is 6.80. The van der Waals surface area contributed by atoms with E-state index in [2.05, 4.69) is 14.6 Å². The molecule has 0 radical (unpaired) electrons. The molecule has 1 N–H and O–H groups in total. The molecule has 1 saturated heterocycles. The lowest BCUT2D eigenvalue weighted by Crippen LogP contribution is -2.34. The van der Waals surface area contributed by atoms with Crippen molar-refractivity contribution in [3.63, 3.8) is 0 Å². The van der Waals surface area contributed by atoms with Crippen molar-refractivity contribution in [1.29, 1.82) is 0 Å². The van der Waals surface area contributed by atoms with E-state index in [9.17, 15) is 5.11 Å². The van der Waals surface area contributed by atoms with Crippen molar-refractivity contribution in [2.75, 3.05) is 32.8 Å². The second kappa shape index (κ2) is 7.36. The van der Waals surface area contributed by atoms with Gasteiger partial charge in [-0.15, -0.1) is 5.10 Å². The Balaban J connectivity index is 1.32. The van der Waals surface area contributed by atoms with Crippen molar-refractivity contribution in [2.45, 2.75) is 69.7 Å². The third-order valence-electron chi connectivity index (χ3n) is 7.78. The van der Waals surface area contributed by atoms with E-state index >= 15 is 0 Å². The van der Waals surface area contributed by atoms with Crippen LogP contribution < -0.4 is 4.74 Å². The molecule has 2 heterocycles. The van der Waals surface area contributed by atoms with Crippen molar-refractivity contribution in [1.82, 2.24) is 19.7 Å². The highest BCUT2D eigenvalue weighted by molar-refractivity contribution is 5.24. The van der Waals surface area contributed by atoms with Gasteiger partial charge in [-0.1, -0.05) is 11.5 Å². The van der Waals surface area contributed by atoms with Crippen LogP contribution in [0, 0.1) is 17.8 Å². The van der Waals surface area contributed by atoms with Gasteiger partial charge in [0, 0.05) is 25.1 Å². The quantitative estimate of drug-likeness (QED) is 0.758. The summed E-state index contributed by atoms with van der Waals surface area (Å²) in [5.41, 5.74) is 0.241. The van der Waals surface area contributed by atoms with E-state index in [1.54, 1.807) is 0 Å². The summed E-state index contributed by atoms with van der Waals surface area (Å²) in [7, 11) is 0. The fraction of sp³-hybridized carbons (Fsp3) is 0.905. The van der Waals surface area contributed by atoms with Crippen LogP contribution in [0.4, 0.5) is 0 Å². The number of hydrogen-bond acceptors (Lipinski definition) is 5. The molecular formula is C21H34N4O2. The standard InChI is InChI=1S/C21H34N4O2/c26-9-4-7-25-19(21-14-16-11-17(15-21)13-18(21)12-16)22-23-20(25)27-10-8-24-5-2-1-3-6-24/h16-18,26H,1-15H2. The molecule has 0 spiro atoms. The number of aliphatic hydroxyl groups is 1. The Labute approximate surface area is 162 Å². The molecule has 0 aromatic carbocycles. The number of aliphatic hydroxyl groups excluding tert-OH is 1. The van der Waals surface area contributed by atoms with E-state index in [0.29, 0.717) is 12.6 Å². The lowest BCUT2D eigenvalue weighted by molar-refractivity contribution is 0.171. The smallest absolute Gasteiger partial charge is 0.317 e. The Morgan fingerprint density at radius 1 is 1.00 bits per heavy atom. The number of ether oxygens (including phenoxy) is 1. The highest BCUT2D eigenvalue weighted by atomic mass is 16.5. The minimum absolute atomic E-state index is 0.201. The van der Waals surface area contributed by atoms with Gasteiger partial charge in [0.15, 0.2) is 0 Å². The number of rotatable bonds is 8. The van der Waals surface area contributed by atoms with Crippen LogP contribution in [-0.2, 0) is 12.0 Å². The molecule has 27 heavy (non-hydrogen) atoms. The van der Waals surface area contributed by atoms with Gasteiger partial charge in [-0.25, -0.2) is 0 Å². The first-order valence-corrected chi connectivity index (χ1v) is 11.2. The van der Waals surface area contributed by atoms with E-state index in [-0.39, 0.29) is 12.0 Å². The van der Waals surface area contributed by atoms with Crippen molar-refractivity contribution in [3.05, 3.63) is 5.82 Å². The first-order chi connectivity index (χ1) is 13.3. The highest BCUT2D eigenvalue weighted by Crippen LogP contribution is 2.65. The third kappa shape index (κ3) is 3.19. The Hall–Kier alpha value is -1.14. The van der Waals surface area contributed by atoms with Crippen LogP contribution in [-0.4, -0.2) is 57.6 Å². The van der Waals surface area contributed by atoms with Crippen LogP contribution in [0.1, 0.15) is 63.6 Å². The van der Waals surface area contributed by atoms with Gasteiger partial charge in [0.1, 0.15) is 12.4 Å². The summed E-state index contributed by atoms with van der Waals surface area (Å²) in [5, 5.41) is 18.6. The van der Waals surface area contributed by atoms with Crippen LogP contribution in [0.25, 0.3) is 0 Å². The van der Waals surface area contributed by atoms with E-state index in [0.717, 1.165) is 37.3 Å². The average molecular weight is 375 g/mol. The molecule has 4 saturated carbocycles. The van der Waals surface area contributed by atoms with Gasteiger partial charge in [0.25, 0.3) is 0 Å². The molecule has 4 bridgehead atoms. The maximum Gasteiger partial charge on any atom is 0.317 e. The SMILES string of the molecule is OCCCn1c(OCCN2CCCCC2)nnc1C12CC3CC(CC1C3)C2. The first-order valence-electron chi connectivity index (χ1n) is 11.2. The second-order valence-electron chi connectivity index (χ2n) is 9.49. The van der Waals surface area contributed by atoms with Crippen LogP contribution in [0.5, 0.6) is 6.01 Å². The average Bonchev–Trinajstić information content (AvgIpc) is 3.28. The fourth-order valence-electron chi connectivity index (χ4n) is 6.80. The highest BCUT2D eigenvalue weighted by Gasteiger charge is 2.60. The minimum Gasteiger partial charge on any atom is -0.462 e. The number of aromatic nitrogens is 3. The summed E-state index contributed by atoms with van der Waals surface area (Å²) >= 11 is 0. The molecule has 6 nitrogen and oxygen atoms in total. The zero-order valence-electron chi connectivity index (χ0n) is 16.5. The van der Waals surface area contributed by atoms with Gasteiger partial charge < -0.3 is 9.84 Å². The van der Waals surface area contributed by atoms with Gasteiger partial charge in [-0.05, 0) is 82.2 Å². The molecule has 6 heteroatoms. The van der Waals surface area contributed by atoms with E-state index in [4.69, 9.17) is 9.84 Å². The number of nitrogens with zero attached hydrogens (tertiary/aromatic N) is 4. The van der Waals surface area contributed by atoms with Gasteiger partial charge >= 0.3 is 6.01 Å². The summed E-state index contributed by atoms with van der Waals surface area (Å²) < 4.78 is 8.34. The van der Waals surface area contributed by atoms with Crippen molar-refractivity contribution >= 4 is 0 Å². The lowest BCUT2D eigenvalue weighted by Gasteiger charge is -2.32. The van der Waals surface area contributed by atoms with Crippen molar-refractivity contribution < 1.29 is 9.84 Å². The molecule has 6 rings (SSSR count). The summed E-state index contributed by atoms with van der Waals surface area (Å²) in [6, 6.07) is 0.677. The third-order valence-corrected chi connectivity index (χ3v) is 7.78. The molecule has 2 atom stereocenters. The predicted molar refractivity (Wildman–Crippen MR) is 103 cm³/mol. The summed E-state index contributed by atoms with van der Waals surface area (Å²) in [4.78, 5) is 2.50. The Morgan fingerprint density at radius 2 is 1.78 bits per heavy atom. The summed E-state index contributed by atoms with van der Waals surface area (Å²) in [6.07, 6.45) is 11.5. The largest absolute Gasteiger partial charge is 0.462 e. The van der Waals surface area contributed by atoms with Crippen molar-refractivity contribution in [2.24, 2.45) is 17.8 Å². The molecule has 2 unspecified atom stereocenters. The Morgan fingerprint density at radius 3 is 2.52 bits per heavy atom. The van der Waals surface area contributed by atoms with Crippen LogP contribution >= 0.6 is 0 Å². The van der Waals surface area contributed by atoms with E-state index in [1.807, 2.05) is 0 Å². The predicted octanol–water partition coefficient (Wildman–Crippen LogP) is 2.60. The van der Waals surface area contributed by atoms with Crippen molar-refractivity contribution in [3.8, 4) is 6.01 Å². The normalized spacial score (nSPS) is 35.2. The van der Waals surface area contributed by atoms with E-state index < -0.39 is 0 Å². The molecule has 5 aliphatic rings. The topological polar surface area (TPSA) is 63.4 Å². The first kappa shape index (κ1) is 17.9. The number of piperidine rings is 1. The number of likely N-dealkylation sites (tertiary alicyclic amines) is 1. The monoisotopic (exact) mass is 374 g/mol. The molecule has 150 valence electrons. The van der Waals surface area contributed by atoms with E-state index in [1.165, 1.54) is 70.3 Å². The zero-order chi connectivity index (χ0) is 18.3. The second-order valence-corrected chi connectivity index (χ2v) is 9.49. The molecule has 4 aliphatic carbocycles. The number of hydrogen-bond donors (Lipinski definition) is 1. The molecule has 1 aliphatic heterocycles. The minimum atomic E-state index is 0.201. The Bertz CT molecular complexity index is 641.